The second-order valence-electron chi connectivity index (χ2n) is 4.75. The number of hydrogen-bond donors (Lipinski definition) is 2. The molecule has 0 spiro atoms. The fraction of sp³-hybridized carbons (Fsp3) is 0.0667. The van der Waals surface area contributed by atoms with Gasteiger partial charge in [0.1, 0.15) is 0 Å². The van der Waals surface area contributed by atoms with Gasteiger partial charge in [-0.25, -0.2) is 0 Å². The van der Waals surface area contributed by atoms with Gasteiger partial charge in [0.15, 0.2) is 0 Å². The van der Waals surface area contributed by atoms with Gasteiger partial charge in [0.2, 0.25) is 5.82 Å². The Kier molecular flexibility index (Phi) is 3.97. The van der Waals surface area contributed by atoms with Crippen molar-refractivity contribution in [3.05, 3.63) is 58.1 Å². The third-order valence-electron chi connectivity index (χ3n) is 3.10. The number of rotatable bonds is 3. The Morgan fingerprint density at radius 1 is 1.23 bits per heavy atom. The van der Waals surface area contributed by atoms with Gasteiger partial charge in [0.05, 0.1) is 5.69 Å². The summed E-state index contributed by atoms with van der Waals surface area (Å²) in [5, 5.41) is 16.8. The number of halogens is 1. The number of carbonyl (C=O) groups excluding carboxylic acids is 1. The van der Waals surface area contributed by atoms with E-state index >= 15 is 0 Å². The number of H-pyrrole nitrogens is 1. The third-order valence-corrected chi connectivity index (χ3v) is 3.59. The summed E-state index contributed by atoms with van der Waals surface area (Å²) >= 11 is 3.40. The number of benzene rings is 2. The van der Waals surface area contributed by atoms with Crippen LogP contribution in [0.25, 0.3) is 11.4 Å². The molecule has 1 aromatic heterocycles. The summed E-state index contributed by atoms with van der Waals surface area (Å²) in [4.78, 5) is 12.4. The van der Waals surface area contributed by atoms with Crippen molar-refractivity contribution in [3.63, 3.8) is 0 Å². The molecule has 0 aliphatic heterocycles. The van der Waals surface area contributed by atoms with E-state index in [-0.39, 0.29) is 5.91 Å². The number of nitrogens with one attached hydrogen (secondary N) is 2. The van der Waals surface area contributed by atoms with E-state index in [2.05, 4.69) is 41.9 Å². The maximum Gasteiger partial charge on any atom is 0.255 e. The molecule has 1 heterocycles. The molecule has 7 heteroatoms. The standard InChI is InChI=1S/C15H12BrN5O/c1-9-3-2-4-10(7-9)15(22)17-13-8-11(16)5-6-12(13)14-18-20-21-19-14/h2-8H,1H3,(H,17,22)(H,18,19,20,21). The lowest BCUT2D eigenvalue weighted by molar-refractivity contribution is 0.102. The Balaban J connectivity index is 1.95. The summed E-state index contributed by atoms with van der Waals surface area (Å²) in [5.41, 5.74) is 2.93. The van der Waals surface area contributed by atoms with Crippen LogP contribution in [0.1, 0.15) is 15.9 Å². The number of nitrogens with zero attached hydrogens (tertiary/aromatic N) is 3. The zero-order valence-corrected chi connectivity index (χ0v) is 13.3. The second kappa shape index (κ2) is 6.07. The van der Waals surface area contributed by atoms with Gasteiger partial charge in [-0.2, -0.15) is 5.21 Å². The summed E-state index contributed by atoms with van der Waals surface area (Å²) in [6.07, 6.45) is 0. The van der Waals surface area contributed by atoms with Crippen LogP contribution in [0.15, 0.2) is 46.9 Å². The van der Waals surface area contributed by atoms with E-state index < -0.39 is 0 Å². The van der Waals surface area contributed by atoms with Gasteiger partial charge in [-0.05, 0) is 42.5 Å². The van der Waals surface area contributed by atoms with E-state index in [0.29, 0.717) is 22.6 Å². The number of carbonyl (C=O) groups is 1. The molecule has 0 unspecified atom stereocenters. The first-order valence-corrected chi connectivity index (χ1v) is 7.34. The highest BCUT2D eigenvalue weighted by Crippen LogP contribution is 2.28. The van der Waals surface area contributed by atoms with Crippen LogP contribution < -0.4 is 5.32 Å². The average Bonchev–Trinajstić information content (AvgIpc) is 3.01. The monoisotopic (exact) mass is 357 g/mol. The minimum Gasteiger partial charge on any atom is -0.321 e. The Labute approximate surface area is 135 Å². The van der Waals surface area contributed by atoms with Crippen molar-refractivity contribution >= 4 is 27.5 Å². The van der Waals surface area contributed by atoms with Crippen LogP contribution >= 0.6 is 15.9 Å². The SMILES string of the molecule is Cc1cccc(C(=O)Nc2cc(Br)ccc2-c2nn[nH]n2)c1. The summed E-state index contributed by atoms with van der Waals surface area (Å²) < 4.78 is 0.847. The summed E-state index contributed by atoms with van der Waals surface area (Å²) in [5.74, 6) is 0.235. The highest BCUT2D eigenvalue weighted by Gasteiger charge is 2.13. The number of aromatic nitrogens is 4. The molecule has 0 aliphatic rings. The molecule has 0 aliphatic carbocycles. The largest absolute Gasteiger partial charge is 0.321 e. The van der Waals surface area contributed by atoms with E-state index in [9.17, 15) is 4.79 Å². The molecule has 6 nitrogen and oxygen atoms in total. The third kappa shape index (κ3) is 3.04. The fourth-order valence-electron chi connectivity index (χ4n) is 2.07. The molecule has 0 saturated heterocycles. The van der Waals surface area contributed by atoms with Crippen LogP contribution in [0.3, 0.4) is 0 Å². The molecule has 0 fully saturated rings. The number of tetrazole rings is 1. The first-order valence-electron chi connectivity index (χ1n) is 6.55. The van der Waals surface area contributed by atoms with Crippen molar-refractivity contribution in [2.24, 2.45) is 0 Å². The summed E-state index contributed by atoms with van der Waals surface area (Å²) in [7, 11) is 0. The highest BCUT2D eigenvalue weighted by atomic mass is 79.9. The summed E-state index contributed by atoms with van der Waals surface area (Å²) in [6.45, 7) is 1.95. The number of aryl methyl sites for hydroxylation is 1. The van der Waals surface area contributed by atoms with Crippen molar-refractivity contribution in [1.29, 1.82) is 0 Å². The molecule has 0 radical (unpaired) electrons. The predicted molar refractivity (Wildman–Crippen MR) is 86.4 cm³/mol. The quantitative estimate of drug-likeness (QED) is 0.753. The Morgan fingerprint density at radius 2 is 2.09 bits per heavy atom. The van der Waals surface area contributed by atoms with Crippen LogP contribution in [0, 0.1) is 6.92 Å². The van der Waals surface area contributed by atoms with Gasteiger partial charge in [-0.3, -0.25) is 4.79 Å². The maximum atomic E-state index is 12.4. The Bertz CT molecular complexity index is 817. The van der Waals surface area contributed by atoms with Crippen molar-refractivity contribution in [2.45, 2.75) is 6.92 Å². The van der Waals surface area contributed by atoms with Crippen LogP contribution in [0.5, 0.6) is 0 Å². The number of hydrogen-bond acceptors (Lipinski definition) is 4. The van der Waals surface area contributed by atoms with E-state index in [1.807, 2.05) is 37.3 Å². The molecule has 22 heavy (non-hydrogen) atoms. The normalized spacial score (nSPS) is 10.5. The second-order valence-corrected chi connectivity index (χ2v) is 5.66. The molecule has 2 aromatic carbocycles. The van der Waals surface area contributed by atoms with Gasteiger partial charge in [0, 0.05) is 15.6 Å². The van der Waals surface area contributed by atoms with Gasteiger partial charge >= 0.3 is 0 Å². The van der Waals surface area contributed by atoms with Crippen molar-refractivity contribution < 1.29 is 4.79 Å². The molecular weight excluding hydrogens is 346 g/mol. The first-order chi connectivity index (χ1) is 10.6. The molecule has 0 saturated carbocycles. The van der Waals surface area contributed by atoms with Crippen LogP contribution in [-0.2, 0) is 0 Å². The zero-order chi connectivity index (χ0) is 15.5. The molecule has 3 rings (SSSR count). The molecular formula is C15H12BrN5O. The van der Waals surface area contributed by atoms with Crippen molar-refractivity contribution in [3.8, 4) is 11.4 Å². The minimum absolute atomic E-state index is 0.188. The number of aromatic amines is 1. The first kappa shape index (κ1) is 14.4. The van der Waals surface area contributed by atoms with Gasteiger partial charge in [0.25, 0.3) is 5.91 Å². The summed E-state index contributed by atoms with van der Waals surface area (Å²) in [6, 6.07) is 12.9. The lowest BCUT2D eigenvalue weighted by atomic mass is 10.1. The molecule has 1 amide bonds. The van der Waals surface area contributed by atoms with Gasteiger partial charge in [-0.1, -0.05) is 33.6 Å². The molecule has 0 atom stereocenters. The molecule has 0 bridgehead atoms. The van der Waals surface area contributed by atoms with E-state index in [0.717, 1.165) is 10.0 Å². The maximum absolute atomic E-state index is 12.4. The van der Waals surface area contributed by atoms with E-state index in [1.54, 1.807) is 12.1 Å². The lowest BCUT2D eigenvalue weighted by Gasteiger charge is -2.10. The van der Waals surface area contributed by atoms with Crippen molar-refractivity contribution in [1.82, 2.24) is 20.6 Å². The highest BCUT2D eigenvalue weighted by molar-refractivity contribution is 9.10. The molecule has 2 N–H and O–H groups in total. The van der Waals surface area contributed by atoms with Gasteiger partial charge in [-0.15, -0.1) is 10.2 Å². The number of anilines is 1. The van der Waals surface area contributed by atoms with Crippen LogP contribution in [0.4, 0.5) is 5.69 Å². The minimum atomic E-state index is -0.188. The Morgan fingerprint density at radius 3 is 2.82 bits per heavy atom. The van der Waals surface area contributed by atoms with Gasteiger partial charge < -0.3 is 5.32 Å². The fourth-order valence-corrected chi connectivity index (χ4v) is 2.43. The Hall–Kier alpha value is -2.54. The zero-order valence-electron chi connectivity index (χ0n) is 11.7. The van der Waals surface area contributed by atoms with Crippen molar-refractivity contribution in [2.75, 3.05) is 5.32 Å². The smallest absolute Gasteiger partial charge is 0.255 e. The topological polar surface area (TPSA) is 83.6 Å². The average molecular weight is 358 g/mol. The van der Waals surface area contributed by atoms with E-state index in [4.69, 9.17) is 0 Å². The van der Waals surface area contributed by atoms with E-state index in [1.165, 1.54) is 0 Å². The van der Waals surface area contributed by atoms with Crippen LogP contribution in [0.2, 0.25) is 0 Å². The lowest BCUT2D eigenvalue weighted by Crippen LogP contribution is -2.13. The van der Waals surface area contributed by atoms with Crippen LogP contribution in [-0.4, -0.2) is 26.5 Å². The molecule has 3 aromatic rings. The predicted octanol–water partition coefficient (Wildman–Crippen LogP) is 3.19. The molecule has 110 valence electrons. The number of amides is 1.